The minimum atomic E-state index is -0.413. The number of amides is 2. The highest BCUT2D eigenvalue weighted by atomic mass is 16.5. The maximum absolute atomic E-state index is 12.1. The van der Waals surface area contributed by atoms with Crippen LogP contribution in [0, 0.1) is 0 Å². The van der Waals surface area contributed by atoms with Crippen molar-refractivity contribution in [1.29, 1.82) is 0 Å². The first kappa shape index (κ1) is 18.3. The molecule has 2 amide bonds. The van der Waals surface area contributed by atoms with Crippen LogP contribution in [-0.4, -0.2) is 24.4 Å². The molecule has 0 bridgehead atoms. The number of benzene rings is 1. The first-order valence-electron chi connectivity index (χ1n) is 7.94. The van der Waals surface area contributed by atoms with Gasteiger partial charge in [-0.3, -0.25) is 14.4 Å². The zero-order valence-corrected chi connectivity index (χ0v) is 13.9. The number of hydrogen-bond donors (Lipinski definition) is 2. The van der Waals surface area contributed by atoms with Crippen LogP contribution in [0.1, 0.15) is 35.9 Å². The van der Waals surface area contributed by atoms with E-state index in [1.807, 2.05) is 0 Å². The highest BCUT2D eigenvalue weighted by molar-refractivity contribution is 5.97. The van der Waals surface area contributed by atoms with Gasteiger partial charge in [0.25, 0.3) is 5.91 Å². The van der Waals surface area contributed by atoms with Crippen molar-refractivity contribution < 1.29 is 23.5 Å². The van der Waals surface area contributed by atoms with Crippen LogP contribution in [0.2, 0.25) is 0 Å². The summed E-state index contributed by atoms with van der Waals surface area (Å²) >= 11 is 0. The number of carbonyl (C=O) groups is 3. The van der Waals surface area contributed by atoms with Gasteiger partial charge in [0.1, 0.15) is 5.76 Å². The van der Waals surface area contributed by atoms with E-state index in [1.165, 1.54) is 6.26 Å². The van der Waals surface area contributed by atoms with Gasteiger partial charge in [-0.15, -0.1) is 0 Å². The largest absolute Gasteiger partial charge is 0.467 e. The second-order valence-corrected chi connectivity index (χ2v) is 5.20. The van der Waals surface area contributed by atoms with Crippen LogP contribution in [-0.2, 0) is 20.9 Å². The summed E-state index contributed by atoms with van der Waals surface area (Å²) in [4.78, 5) is 35.2. The average Bonchev–Trinajstić information content (AvgIpc) is 3.12. The molecule has 0 aliphatic carbocycles. The third-order valence-electron chi connectivity index (χ3n) is 3.27. The van der Waals surface area contributed by atoms with E-state index in [0.717, 1.165) is 0 Å². The molecular weight excluding hydrogens is 324 g/mol. The van der Waals surface area contributed by atoms with Gasteiger partial charge in [0.05, 0.1) is 25.8 Å². The van der Waals surface area contributed by atoms with E-state index < -0.39 is 5.97 Å². The summed E-state index contributed by atoms with van der Waals surface area (Å²) in [6.45, 7) is 2.28. The summed E-state index contributed by atoms with van der Waals surface area (Å²) < 4.78 is 9.92. The van der Waals surface area contributed by atoms with Crippen molar-refractivity contribution in [3.05, 3.63) is 54.0 Å². The van der Waals surface area contributed by atoms with Crippen LogP contribution in [0.15, 0.2) is 47.1 Å². The topological polar surface area (TPSA) is 97.6 Å². The number of nitrogens with one attached hydrogen (secondary N) is 2. The normalized spacial score (nSPS) is 10.1. The van der Waals surface area contributed by atoms with Crippen LogP contribution in [0.4, 0.5) is 5.69 Å². The molecule has 25 heavy (non-hydrogen) atoms. The summed E-state index contributed by atoms with van der Waals surface area (Å²) in [5.41, 5.74) is 0.897. The molecule has 0 saturated carbocycles. The molecule has 0 fully saturated rings. The Morgan fingerprint density at radius 3 is 2.68 bits per heavy atom. The van der Waals surface area contributed by atoms with Gasteiger partial charge in [-0.05, 0) is 37.3 Å². The van der Waals surface area contributed by atoms with Gasteiger partial charge in [0.15, 0.2) is 0 Å². The van der Waals surface area contributed by atoms with E-state index in [0.29, 0.717) is 17.0 Å². The van der Waals surface area contributed by atoms with E-state index in [2.05, 4.69) is 10.6 Å². The monoisotopic (exact) mass is 344 g/mol. The molecule has 7 heteroatoms. The molecule has 2 aromatic rings. The molecule has 132 valence electrons. The van der Waals surface area contributed by atoms with E-state index in [-0.39, 0.29) is 37.8 Å². The van der Waals surface area contributed by atoms with Gasteiger partial charge < -0.3 is 19.8 Å². The Bertz CT molecular complexity index is 725. The molecule has 1 aromatic carbocycles. The van der Waals surface area contributed by atoms with Crippen molar-refractivity contribution in [3.8, 4) is 0 Å². The van der Waals surface area contributed by atoms with E-state index in [9.17, 15) is 14.4 Å². The lowest BCUT2D eigenvalue weighted by molar-refractivity contribution is -0.144. The van der Waals surface area contributed by atoms with E-state index >= 15 is 0 Å². The lowest BCUT2D eigenvalue weighted by atomic mass is 10.2. The summed E-state index contributed by atoms with van der Waals surface area (Å²) in [6, 6.07) is 10.1. The number of rotatable bonds is 8. The fraction of sp³-hybridized carbons (Fsp3) is 0.278. The lowest BCUT2D eigenvalue weighted by Gasteiger charge is -2.08. The Morgan fingerprint density at radius 2 is 1.96 bits per heavy atom. The van der Waals surface area contributed by atoms with Gasteiger partial charge in [-0.2, -0.15) is 0 Å². The zero-order valence-electron chi connectivity index (χ0n) is 13.9. The van der Waals surface area contributed by atoms with Gasteiger partial charge in [0.2, 0.25) is 5.91 Å². The molecule has 0 atom stereocenters. The molecule has 0 radical (unpaired) electrons. The second kappa shape index (κ2) is 9.27. The summed E-state index contributed by atoms with van der Waals surface area (Å²) in [5.74, 6) is -0.360. The van der Waals surface area contributed by atoms with Crippen LogP contribution in [0.5, 0.6) is 0 Å². The molecule has 0 spiro atoms. The molecule has 0 aliphatic heterocycles. The maximum Gasteiger partial charge on any atom is 0.306 e. The van der Waals surface area contributed by atoms with Gasteiger partial charge >= 0.3 is 5.97 Å². The second-order valence-electron chi connectivity index (χ2n) is 5.20. The van der Waals surface area contributed by atoms with Crippen molar-refractivity contribution in [2.24, 2.45) is 0 Å². The molecular formula is C18H20N2O5. The zero-order chi connectivity index (χ0) is 18.1. The van der Waals surface area contributed by atoms with Crippen molar-refractivity contribution in [1.82, 2.24) is 5.32 Å². The average molecular weight is 344 g/mol. The summed E-state index contributed by atoms with van der Waals surface area (Å²) in [7, 11) is 0. The van der Waals surface area contributed by atoms with Crippen molar-refractivity contribution >= 4 is 23.5 Å². The van der Waals surface area contributed by atoms with Gasteiger partial charge in [-0.25, -0.2) is 0 Å². The highest BCUT2D eigenvalue weighted by Gasteiger charge is 2.10. The minimum absolute atomic E-state index is 0.0169. The molecule has 0 unspecified atom stereocenters. The molecule has 0 aliphatic rings. The van der Waals surface area contributed by atoms with Crippen LogP contribution in [0.25, 0.3) is 0 Å². The smallest absolute Gasteiger partial charge is 0.306 e. The Labute approximate surface area is 145 Å². The van der Waals surface area contributed by atoms with Crippen LogP contribution >= 0.6 is 0 Å². The number of ether oxygens (including phenoxy) is 1. The fourth-order valence-electron chi connectivity index (χ4n) is 2.09. The van der Waals surface area contributed by atoms with Crippen molar-refractivity contribution in [3.63, 3.8) is 0 Å². The summed E-state index contributed by atoms with van der Waals surface area (Å²) in [6.07, 6.45) is 1.57. The molecule has 0 saturated heterocycles. The van der Waals surface area contributed by atoms with E-state index in [1.54, 1.807) is 43.3 Å². The number of anilines is 1. The molecule has 1 aromatic heterocycles. The molecule has 1 heterocycles. The quantitative estimate of drug-likeness (QED) is 0.717. The molecule has 2 rings (SSSR count). The predicted molar refractivity (Wildman–Crippen MR) is 90.8 cm³/mol. The first-order valence-corrected chi connectivity index (χ1v) is 7.94. The standard InChI is InChI=1S/C18H20N2O5/c1-2-24-17(22)9-8-16(21)20-14-6-3-5-13(11-14)18(23)19-12-15-7-4-10-25-15/h3-7,10-11H,2,8-9,12H2,1H3,(H,19,23)(H,20,21). The molecule has 7 nitrogen and oxygen atoms in total. The van der Waals surface area contributed by atoms with Crippen molar-refractivity contribution in [2.45, 2.75) is 26.3 Å². The minimum Gasteiger partial charge on any atom is -0.467 e. The van der Waals surface area contributed by atoms with Crippen molar-refractivity contribution in [2.75, 3.05) is 11.9 Å². The van der Waals surface area contributed by atoms with E-state index in [4.69, 9.17) is 9.15 Å². The Hall–Kier alpha value is -3.09. The van der Waals surface area contributed by atoms with Gasteiger partial charge in [0, 0.05) is 17.7 Å². The Kier molecular flexibility index (Phi) is 6.76. The van der Waals surface area contributed by atoms with Crippen LogP contribution < -0.4 is 10.6 Å². The SMILES string of the molecule is CCOC(=O)CCC(=O)Nc1cccc(C(=O)NCc2ccco2)c1. The highest BCUT2D eigenvalue weighted by Crippen LogP contribution is 2.12. The van der Waals surface area contributed by atoms with Crippen LogP contribution in [0.3, 0.4) is 0 Å². The lowest BCUT2D eigenvalue weighted by Crippen LogP contribution is -2.22. The number of hydrogen-bond acceptors (Lipinski definition) is 5. The fourth-order valence-corrected chi connectivity index (χ4v) is 2.09. The summed E-state index contributed by atoms with van der Waals surface area (Å²) in [5, 5.41) is 5.39. The maximum atomic E-state index is 12.1. The van der Waals surface area contributed by atoms with Gasteiger partial charge in [-0.1, -0.05) is 6.07 Å². The Morgan fingerprint density at radius 1 is 1.12 bits per heavy atom. The number of esters is 1. The molecule has 2 N–H and O–H groups in total. The Balaban J connectivity index is 1.86. The third-order valence-corrected chi connectivity index (χ3v) is 3.27. The number of furan rings is 1. The third kappa shape index (κ3) is 6.14. The number of carbonyl (C=O) groups excluding carboxylic acids is 3. The predicted octanol–water partition coefficient (Wildman–Crippen LogP) is 2.49. The first-order chi connectivity index (χ1) is 12.1.